The maximum absolute atomic E-state index is 12.3. The predicted molar refractivity (Wildman–Crippen MR) is 103 cm³/mol. The van der Waals surface area contributed by atoms with E-state index in [9.17, 15) is 10.1 Å². The number of nitriles is 1. The first-order valence-electron chi connectivity index (χ1n) is 8.47. The minimum absolute atomic E-state index is 0.0165. The van der Waals surface area contributed by atoms with E-state index in [1.54, 1.807) is 6.07 Å². The monoisotopic (exact) mass is 349 g/mol. The smallest absolute Gasteiger partial charge is 0.251 e. The first-order valence-corrected chi connectivity index (χ1v) is 9.29. The molecule has 1 saturated carbocycles. The zero-order valence-electron chi connectivity index (χ0n) is 14.3. The highest BCUT2D eigenvalue weighted by Gasteiger charge is 2.24. The van der Waals surface area contributed by atoms with Crippen LogP contribution in [0.1, 0.15) is 28.8 Å². The lowest BCUT2D eigenvalue weighted by Crippen LogP contribution is -2.19. The molecule has 0 saturated heterocycles. The van der Waals surface area contributed by atoms with Gasteiger partial charge in [-0.15, -0.1) is 11.3 Å². The van der Waals surface area contributed by atoms with Crippen molar-refractivity contribution in [3.63, 3.8) is 0 Å². The van der Waals surface area contributed by atoms with Crippen LogP contribution in [-0.4, -0.2) is 4.57 Å². The Morgan fingerprint density at radius 1 is 1.24 bits per heavy atom. The average molecular weight is 349 g/mol. The van der Waals surface area contributed by atoms with Crippen LogP contribution < -0.4 is 10.9 Å². The first kappa shape index (κ1) is 15.9. The summed E-state index contributed by atoms with van der Waals surface area (Å²) >= 11 is 1.40. The van der Waals surface area contributed by atoms with Gasteiger partial charge in [-0.05, 0) is 61.9 Å². The summed E-state index contributed by atoms with van der Waals surface area (Å²) in [6.07, 6.45) is 2.38. The number of nitrogens with one attached hydrogen (secondary N) is 1. The molecular weight excluding hydrogens is 330 g/mol. The second-order valence-electron chi connectivity index (χ2n) is 6.79. The summed E-state index contributed by atoms with van der Waals surface area (Å²) in [5, 5.41) is 13.9. The van der Waals surface area contributed by atoms with Crippen LogP contribution in [0, 0.1) is 31.1 Å². The number of anilines is 2. The molecule has 1 aromatic carbocycles. The van der Waals surface area contributed by atoms with Gasteiger partial charge in [0.15, 0.2) is 0 Å². The van der Waals surface area contributed by atoms with Crippen LogP contribution in [-0.2, 0) is 6.54 Å². The molecule has 25 heavy (non-hydrogen) atoms. The molecule has 1 N–H and O–H groups in total. The molecule has 0 aliphatic heterocycles. The van der Waals surface area contributed by atoms with Crippen molar-refractivity contribution in [1.29, 1.82) is 5.26 Å². The molecule has 0 radical (unpaired) electrons. The van der Waals surface area contributed by atoms with E-state index in [-0.39, 0.29) is 5.56 Å². The van der Waals surface area contributed by atoms with Crippen molar-refractivity contribution in [2.24, 2.45) is 5.92 Å². The number of rotatable bonds is 4. The van der Waals surface area contributed by atoms with Crippen LogP contribution >= 0.6 is 11.3 Å². The number of thiophene rings is 1. The summed E-state index contributed by atoms with van der Waals surface area (Å²) < 4.78 is 1.84. The van der Waals surface area contributed by atoms with Crippen molar-refractivity contribution < 1.29 is 0 Å². The number of pyridine rings is 1. The van der Waals surface area contributed by atoms with Crippen molar-refractivity contribution >= 4 is 32.9 Å². The van der Waals surface area contributed by atoms with Gasteiger partial charge in [-0.2, -0.15) is 5.26 Å². The van der Waals surface area contributed by atoms with Crippen molar-refractivity contribution in [1.82, 2.24) is 4.57 Å². The molecule has 4 rings (SSSR count). The van der Waals surface area contributed by atoms with Crippen LogP contribution in [0.4, 0.5) is 11.4 Å². The van der Waals surface area contributed by atoms with E-state index < -0.39 is 0 Å². The van der Waals surface area contributed by atoms with Crippen LogP contribution in [0.15, 0.2) is 35.1 Å². The van der Waals surface area contributed by atoms with Gasteiger partial charge in [-0.1, -0.05) is 6.07 Å². The molecule has 0 bridgehead atoms. The van der Waals surface area contributed by atoms with Crippen LogP contribution in [0.2, 0.25) is 0 Å². The van der Waals surface area contributed by atoms with Gasteiger partial charge in [0.25, 0.3) is 5.56 Å². The molecule has 1 fully saturated rings. The molecule has 0 spiro atoms. The molecule has 1 aliphatic rings. The number of benzene rings is 1. The minimum atomic E-state index is 0.0165. The Balaban J connectivity index is 1.83. The Kier molecular flexibility index (Phi) is 3.85. The lowest BCUT2D eigenvalue weighted by molar-refractivity contribution is 0.630. The second kappa shape index (κ2) is 6.05. The van der Waals surface area contributed by atoms with Gasteiger partial charge in [0.05, 0.1) is 5.69 Å². The molecule has 126 valence electrons. The standard InChI is InChI=1S/C20H19N3OS/c1-12-3-6-15(9-13(12)2)22-19-16-7-8-18(24)23(11-14-4-5-14)20(16)25-17(19)10-21/h3,6-9,14,22H,4-5,11H2,1-2H3. The van der Waals surface area contributed by atoms with E-state index >= 15 is 0 Å². The van der Waals surface area contributed by atoms with Crippen molar-refractivity contribution in [3.05, 3.63) is 56.7 Å². The van der Waals surface area contributed by atoms with Gasteiger partial charge in [-0.3, -0.25) is 9.36 Å². The van der Waals surface area contributed by atoms with Gasteiger partial charge in [0.1, 0.15) is 15.8 Å². The topological polar surface area (TPSA) is 57.8 Å². The fourth-order valence-electron chi connectivity index (χ4n) is 3.03. The highest BCUT2D eigenvalue weighted by molar-refractivity contribution is 7.19. The van der Waals surface area contributed by atoms with Crippen molar-refractivity contribution in [3.8, 4) is 6.07 Å². The number of aryl methyl sites for hydroxylation is 2. The van der Waals surface area contributed by atoms with E-state index in [0.29, 0.717) is 10.8 Å². The number of fused-ring (bicyclic) bond motifs is 1. The molecule has 1 aliphatic carbocycles. The van der Waals surface area contributed by atoms with Gasteiger partial charge in [0.2, 0.25) is 0 Å². The quantitative estimate of drug-likeness (QED) is 0.742. The van der Waals surface area contributed by atoms with Gasteiger partial charge in [-0.25, -0.2) is 0 Å². The maximum atomic E-state index is 12.3. The second-order valence-corrected chi connectivity index (χ2v) is 7.79. The third-order valence-electron chi connectivity index (χ3n) is 4.84. The van der Waals surface area contributed by atoms with Crippen LogP contribution in [0.3, 0.4) is 0 Å². The molecule has 2 heterocycles. The Morgan fingerprint density at radius 2 is 2.04 bits per heavy atom. The molecule has 0 unspecified atom stereocenters. The minimum Gasteiger partial charge on any atom is -0.353 e. The maximum Gasteiger partial charge on any atom is 0.251 e. The highest BCUT2D eigenvalue weighted by atomic mass is 32.1. The number of nitrogens with zero attached hydrogens (tertiary/aromatic N) is 2. The third-order valence-corrected chi connectivity index (χ3v) is 5.98. The molecule has 5 heteroatoms. The predicted octanol–water partition coefficient (Wildman–Crippen LogP) is 4.71. The van der Waals surface area contributed by atoms with E-state index in [4.69, 9.17) is 0 Å². The number of aromatic nitrogens is 1. The Bertz CT molecular complexity index is 1070. The lowest BCUT2D eigenvalue weighted by Gasteiger charge is -2.09. The van der Waals surface area contributed by atoms with Gasteiger partial charge in [0, 0.05) is 23.7 Å². The Morgan fingerprint density at radius 3 is 2.72 bits per heavy atom. The molecule has 4 nitrogen and oxygen atoms in total. The highest BCUT2D eigenvalue weighted by Crippen LogP contribution is 2.38. The van der Waals surface area contributed by atoms with E-state index in [2.05, 4.69) is 37.4 Å². The van der Waals surface area contributed by atoms with E-state index in [1.807, 2.05) is 16.7 Å². The third kappa shape index (κ3) is 2.94. The summed E-state index contributed by atoms with van der Waals surface area (Å²) in [5.41, 5.74) is 4.21. The summed E-state index contributed by atoms with van der Waals surface area (Å²) in [6.45, 7) is 4.91. The summed E-state index contributed by atoms with van der Waals surface area (Å²) in [5.74, 6) is 0.604. The van der Waals surface area contributed by atoms with E-state index in [1.165, 1.54) is 35.3 Å². The Hall–Kier alpha value is -2.58. The normalized spacial score (nSPS) is 13.8. The molecule has 0 amide bonds. The Labute approximate surface area is 150 Å². The largest absolute Gasteiger partial charge is 0.353 e. The fraction of sp³-hybridized carbons (Fsp3) is 0.300. The number of hydrogen-bond donors (Lipinski definition) is 1. The van der Waals surface area contributed by atoms with E-state index in [0.717, 1.165) is 28.1 Å². The zero-order chi connectivity index (χ0) is 17.6. The molecule has 2 aromatic heterocycles. The van der Waals surface area contributed by atoms with Gasteiger partial charge < -0.3 is 5.32 Å². The zero-order valence-corrected chi connectivity index (χ0v) is 15.1. The summed E-state index contributed by atoms with van der Waals surface area (Å²) in [6, 6.07) is 11.9. The molecular formula is C20H19N3OS. The van der Waals surface area contributed by atoms with Gasteiger partial charge >= 0.3 is 0 Å². The summed E-state index contributed by atoms with van der Waals surface area (Å²) in [4.78, 5) is 13.8. The fourth-order valence-corrected chi connectivity index (χ4v) is 4.09. The molecule has 3 aromatic rings. The lowest BCUT2D eigenvalue weighted by atomic mass is 10.1. The average Bonchev–Trinajstić information content (AvgIpc) is 3.35. The van der Waals surface area contributed by atoms with Crippen molar-refractivity contribution in [2.75, 3.05) is 5.32 Å². The number of hydrogen-bond acceptors (Lipinski definition) is 4. The van der Waals surface area contributed by atoms with Crippen LogP contribution in [0.25, 0.3) is 10.2 Å². The SMILES string of the molecule is Cc1ccc(Nc2c(C#N)sc3c2ccc(=O)n3CC2CC2)cc1C. The summed E-state index contributed by atoms with van der Waals surface area (Å²) in [7, 11) is 0. The first-order chi connectivity index (χ1) is 12.1. The molecule has 0 atom stereocenters. The van der Waals surface area contributed by atoms with Crippen LogP contribution in [0.5, 0.6) is 0 Å². The van der Waals surface area contributed by atoms with Crippen molar-refractivity contribution in [2.45, 2.75) is 33.2 Å².